The zero-order valence-corrected chi connectivity index (χ0v) is 47.1. The molecule has 4 aromatic heterocycles. The minimum absolute atomic E-state index is 0.00766. The molecule has 13 heterocycles. The molecule has 0 unspecified atom stereocenters. The summed E-state index contributed by atoms with van der Waals surface area (Å²) in [6.45, 7) is 16.1. The van der Waals surface area contributed by atoms with Crippen molar-refractivity contribution in [1.82, 2.24) is 44.8 Å². The number of nitrogens with two attached hydrogens (primary N) is 1. The number of fused-ring (bicyclic) bond motifs is 8. The van der Waals surface area contributed by atoms with E-state index >= 15 is 0 Å². The maximum atomic E-state index is 13.9. The van der Waals surface area contributed by atoms with Crippen LogP contribution in [0.5, 0.6) is 0 Å². The molecule has 25 nitrogen and oxygen atoms in total. The van der Waals surface area contributed by atoms with Crippen molar-refractivity contribution >= 4 is 65.9 Å². The highest BCUT2D eigenvalue weighted by Gasteiger charge is 2.53. The van der Waals surface area contributed by atoms with E-state index in [0.29, 0.717) is 130 Å². The highest BCUT2D eigenvalue weighted by atomic mass is 35.5. The topological polar surface area (TPSA) is 250 Å². The molecule has 13 rings (SSSR count). The van der Waals surface area contributed by atoms with Gasteiger partial charge in [0.25, 0.3) is 12.9 Å². The van der Waals surface area contributed by atoms with Crippen molar-refractivity contribution in [3.8, 4) is 11.4 Å². The lowest BCUT2D eigenvalue weighted by Crippen LogP contribution is -2.61. The average Bonchev–Trinajstić information content (AvgIpc) is 3.72. The van der Waals surface area contributed by atoms with Crippen molar-refractivity contribution in [1.29, 1.82) is 0 Å². The zero-order chi connectivity index (χ0) is 57.5. The fourth-order valence-electron chi connectivity index (χ4n) is 11.1. The first-order chi connectivity index (χ1) is 39.4. The first-order valence-corrected chi connectivity index (χ1v) is 27.6. The molecule has 444 valence electrons. The molecular weight excluding hydrogens is 1100 g/mol. The van der Waals surface area contributed by atoms with Crippen LogP contribution in [0.25, 0.3) is 11.4 Å². The fourth-order valence-corrected chi connectivity index (χ4v) is 11.2. The van der Waals surface area contributed by atoms with Crippen LogP contribution in [0.1, 0.15) is 51.7 Å². The third kappa shape index (κ3) is 12.3. The van der Waals surface area contributed by atoms with E-state index in [-0.39, 0.29) is 93.2 Å². The van der Waals surface area contributed by atoms with E-state index in [1.165, 1.54) is 24.8 Å². The summed E-state index contributed by atoms with van der Waals surface area (Å²) in [6.07, 6.45) is -1.28. The first kappa shape index (κ1) is 58.2. The van der Waals surface area contributed by atoms with E-state index in [1.807, 2.05) is 27.7 Å². The maximum absolute atomic E-state index is 13.9. The van der Waals surface area contributed by atoms with Crippen LogP contribution in [0, 0.1) is 0 Å². The van der Waals surface area contributed by atoms with Crippen LogP contribution in [0.3, 0.4) is 0 Å². The number of morpholine rings is 8. The molecule has 31 heteroatoms. The Bertz CT molecular complexity index is 2710. The molecule has 9 aliphatic rings. The van der Waals surface area contributed by atoms with E-state index < -0.39 is 31.2 Å². The SMILES string of the molecule is CN(C)C=Nc1cc(C(F)F)c(B2OC(C)(C)C(C)(C)O2)cn1.Clc1nc(N2C3COCC2COC3)nc(N2C3COCC2COC3)n1.Nc1cc(C(F)F)c(-c2nc(N3C4COCC3COC4)nc(N3C4COCC3COC4)n2)cn1. The monoisotopic (exact) mass is 1170 g/mol. The molecule has 0 radical (unpaired) electrons. The maximum Gasteiger partial charge on any atom is 0.496 e. The Morgan fingerprint density at radius 2 is 0.902 bits per heavy atom. The second-order valence-corrected chi connectivity index (χ2v) is 22.7. The normalized spacial score (nSPS) is 28.2. The second kappa shape index (κ2) is 24.6. The van der Waals surface area contributed by atoms with Crippen molar-refractivity contribution in [3.63, 3.8) is 0 Å². The predicted molar refractivity (Wildman–Crippen MR) is 291 cm³/mol. The smallest absolute Gasteiger partial charge is 0.399 e. The Morgan fingerprint density at radius 1 is 0.549 bits per heavy atom. The Morgan fingerprint density at radius 3 is 1.24 bits per heavy atom. The van der Waals surface area contributed by atoms with Gasteiger partial charge in [-0.3, -0.25) is 0 Å². The highest BCUT2D eigenvalue weighted by molar-refractivity contribution is 6.62. The second-order valence-electron chi connectivity index (χ2n) is 22.4. The van der Waals surface area contributed by atoms with E-state index in [9.17, 15) is 17.6 Å². The number of nitrogens with zero attached hydrogens (tertiary/aromatic N) is 14. The molecule has 0 atom stereocenters. The van der Waals surface area contributed by atoms with Gasteiger partial charge in [0.1, 0.15) is 5.82 Å². The van der Waals surface area contributed by atoms with Gasteiger partial charge in [-0.05, 0) is 51.4 Å². The molecule has 0 spiro atoms. The van der Waals surface area contributed by atoms with Crippen LogP contribution in [0.4, 0.5) is 53.0 Å². The Kier molecular flexibility index (Phi) is 17.5. The van der Waals surface area contributed by atoms with Crippen LogP contribution >= 0.6 is 11.6 Å². The standard InChI is InChI=1S/C21H25F2N7O4.C15H22BF2N3O2.C15H20ClN5O4/c22-18(23)15-1-17(24)25-2-16(15)19-26-20(29-11-3-31-5-12(29)6-32-4-11)28-21(27-19)30-13-7-33-9-14(30)10-34-8-13;1-14(2)15(3,4)23-16(22-14)11-8-19-12(20-9-21(5)6)7-10(11)13(17)18;16-13-17-14(20-9-1-22-3-10(20)4-23-2-9)19-15(18-13)21-11-5-24-7-12(21)8-25-6-11/h1-2,11-14,18H,3-10H2,(H2,24,25);7-9,13H,1-6H3;9-12H,1-8H2. The van der Waals surface area contributed by atoms with Gasteiger partial charge in [0.15, 0.2) is 11.6 Å². The summed E-state index contributed by atoms with van der Waals surface area (Å²) in [5.41, 5.74) is 4.41. The van der Waals surface area contributed by atoms with Crippen LogP contribution in [-0.2, 0) is 47.2 Å². The summed E-state index contributed by atoms with van der Waals surface area (Å²) >= 11 is 6.26. The Balaban J connectivity index is 0.000000132. The van der Waals surface area contributed by atoms with Gasteiger partial charge in [0.2, 0.25) is 29.1 Å². The number of alkyl halides is 4. The quantitative estimate of drug-likeness (QED) is 0.104. The zero-order valence-electron chi connectivity index (χ0n) is 46.4. The highest BCUT2D eigenvalue weighted by Crippen LogP contribution is 2.39. The molecule has 9 fully saturated rings. The van der Waals surface area contributed by atoms with E-state index in [0.717, 1.165) is 6.07 Å². The number of hydrogen-bond donors (Lipinski definition) is 1. The number of rotatable bonds is 10. The number of aliphatic imine (C=N–C) groups is 1. The molecular formula is C51H67BClF4N15O10. The number of pyridine rings is 2. The number of ether oxygens (including phenoxy) is 8. The van der Waals surface area contributed by atoms with Crippen LogP contribution in [-0.4, -0.2) is 238 Å². The van der Waals surface area contributed by atoms with Crippen molar-refractivity contribution in [3.05, 3.63) is 40.9 Å². The largest absolute Gasteiger partial charge is 0.496 e. The van der Waals surface area contributed by atoms with Crippen LogP contribution < -0.4 is 30.8 Å². The van der Waals surface area contributed by atoms with Gasteiger partial charge in [-0.15, -0.1) is 0 Å². The Labute approximate surface area is 476 Å². The summed E-state index contributed by atoms with van der Waals surface area (Å²) in [4.78, 5) is 50.1. The molecule has 4 aromatic rings. The molecule has 0 amide bonds. The summed E-state index contributed by atoms with van der Waals surface area (Å²) < 4.78 is 112. The first-order valence-electron chi connectivity index (χ1n) is 27.2. The van der Waals surface area contributed by atoms with Crippen molar-refractivity contribution < 1.29 is 64.8 Å². The predicted octanol–water partition coefficient (Wildman–Crippen LogP) is 2.93. The van der Waals surface area contributed by atoms with Gasteiger partial charge in [-0.2, -0.15) is 29.9 Å². The molecule has 2 N–H and O–H groups in total. The van der Waals surface area contributed by atoms with Gasteiger partial charge < -0.3 is 77.4 Å². The molecule has 82 heavy (non-hydrogen) atoms. The summed E-state index contributed by atoms with van der Waals surface area (Å²) in [6, 6.07) is 2.52. The third-order valence-corrected chi connectivity index (χ3v) is 16.0. The van der Waals surface area contributed by atoms with Gasteiger partial charge in [-0.1, -0.05) is 0 Å². The summed E-state index contributed by atoms with van der Waals surface area (Å²) in [5.74, 6) is 2.36. The number of hydrogen-bond acceptors (Lipinski definition) is 24. The molecule has 0 aliphatic carbocycles. The number of halogens is 5. The van der Waals surface area contributed by atoms with Crippen molar-refractivity contribution in [2.24, 2.45) is 4.99 Å². The minimum atomic E-state index is -2.77. The van der Waals surface area contributed by atoms with Gasteiger partial charge in [0.05, 0.1) is 172 Å². The lowest BCUT2D eigenvalue weighted by Gasteiger charge is -2.47. The van der Waals surface area contributed by atoms with Gasteiger partial charge in [0, 0.05) is 48.6 Å². The average molecular weight is 1170 g/mol. The van der Waals surface area contributed by atoms with Gasteiger partial charge in [-0.25, -0.2) is 32.5 Å². The summed E-state index contributed by atoms with van der Waals surface area (Å²) in [5, 5.41) is 0.205. The Hall–Kier alpha value is -5.54. The lowest BCUT2D eigenvalue weighted by atomic mass is 9.77. The van der Waals surface area contributed by atoms with Crippen LogP contribution in [0.2, 0.25) is 5.28 Å². The molecule has 0 aromatic carbocycles. The van der Waals surface area contributed by atoms with Crippen molar-refractivity contribution in [2.75, 3.05) is 145 Å². The number of aromatic nitrogens is 8. The number of nitrogen functional groups attached to an aromatic ring is 1. The molecule has 8 bridgehead atoms. The van der Waals surface area contributed by atoms with E-state index in [2.05, 4.69) is 54.5 Å². The lowest BCUT2D eigenvalue weighted by molar-refractivity contribution is -0.0368. The molecule has 0 saturated carbocycles. The molecule has 9 aliphatic heterocycles. The number of anilines is 5. The minimum Gasteiger partial charge on any atom is -0.399 e. The van der Waals surface area contributed by atoms with Crippen LogP contribution in [0.15, 0.2) is 29.5 Å². The van der Waals surface area contributed by atoms with E-state index in [1.54, 1.807) is 19.0 Å². The fraction of sp³-hybridized carbons (Fsp3) is 0.667. The van der Waals surface area contributed by atoms with Crippen molar-refractivity contribution in [2.45, 2.75) is 100 Å². The van der Waals surface area contributed by atoms with Gasteiger partial charge >= 0.3 is 7.12 Å². The third-order valence-electron chi connectivity index (χ3n) is 15.8. The van der Waals surface area contributed by atoms with E-state index in [4.69, 9.17) is 74.5 Å². The molecule has 9 saturated heterocycles. The summed E-state index contributed by atoms with van der Waals surface area (Å²) in [7, 11) is 2.70.